The molecule has 0 saturated heterocycles. The minimum absolute atomic E-state index is 0.234. The Morgan fingerprint density at radius 3 is 2.24 bits per heavy atom. The molecule has 0 aliphatic heterocycles. The fourth-order valence-electron chi connectivity index (χ4n) is 3.04. The van der Waals surface area contributed by atoms with Crippen LogP contribution in [-0.2, 0) is 0 Å². The number of carbonyl (C=O) groups excluding carboxylic acids is 1. The van der Waals surface area contributed by atoms with E-state index in [9.17, 15) is 26.7 Å². The first-order valence-electron chi connectivity index (χ1n) is 9.38. The summed E-state index contributed by atoms with van der Waals surface area (Å²) < 4.78 is 79.0. The molecule has 6 nitrogen and oxygen atoms in total. The highest BCUT2D eigenvalue weighted by Gasteiger charge is 2.30. The number of anilines is 1. The van der Waals surface area contributed by atoms with Gasteiger partial charge in [-0.15, -0.1) is 0 Å². The van der Waals surface area contributed by atoms with Gasteiger partial charge in [0.2, 0.25) is 17.5 Å². The Hall–Kier alpha value is -4.06. The lowest BCUT2D eigenvalue weighted by atomic mass is 10.1. The van der Waals surface area contributed by atoms with Crippen molar-refractivity contribution < 1.29 is 35.9 Å². The van der Waals surface area contributed by atoms with Gasteiger partial charge in [0.1, 0.15) is 16.9 Å². The standard InChI is InChI=1S/C22H12F5N3O3S/c1-32-19-17(26)15(24)14(16(25)18(19)27)20(31)30-22(34)28-11-6-7-13-12(8-11)29-21(33-13)9-2-4-10(23)5-3-9/h2-8H,1H3,(H2,28,30,31,34). The van der Waals surface area contributed by atoms with Crippen molar-refractivity contribution in [2.45, 2.75) is 0 Å². The van der Waals surface area contributed by atoms with Crippen molar-refractivity contribution in [2.75, 3.05) is 12.4 Å². The van der Waals surface area contributed by atoms with Gasteiger partial charge in [-0.3, -0.25) is 10.1 Å². The molecule has 1 aromatic heterocycles. The highest BCUT2D eigenvalue weighted by molar-refractivity contribution is 7.80. The maximum absolute atomic E-state index is 14.1. The molecule has 4 aromatic rings. The number of ether oxygens (including phenoxy) is 1. The summed E-state index contributed by atoms with van der Waals surface area (Å²) in [4.78, 5) is 16.5. The minimum Gasteiger partial charge on any atom is -0.491 e. The largest absolute Gasteiger partial charge is 0.491 e. The predicted octanol–water partition coefficient (Wildman–Crippen LogP) is 5.33. The molecule has 0 aliphatic carbocycles. The lowest BCUT2D eigenvalue weighted by molar-refractivity contribution is 0.0966. The number of fused-ring (bicyclic) bond motifs is 1. The van der Waals surface area contributed by atoms with Gasteiger partial charge in [-0.1, -0.05) is 0 Å². The molecule has 0 atom stereocenters. The number of carbonyl (C=O) groups is 1. The number of oxazole rings is 1. The van der Waals surface area contributed by atoms with E-state index in [4.69, 9.17) is 16.6 Å². The van der Waals surface area contributed by atoms with Gasteiger partial charge in [-0.05, 0) is 54.7 Å². The Kier molecular flexibility index (Phi) is 6.16. The third-order valence-electron chi connectivity index (χ3n) is 4.62. The van der Waals surface area contributed by atoms with E-state index in [-0.39, 0.29) is 5.89 Å². The molecule has 0 bridgehead atoms. The molecule has 174 valence electrons. The highest BCUT2D eigenvalue weighted by atomic mass is 32.1. The molecule has 4 rings (SSSR count). The average Bonchev–Trinajstić information content (AvgIpc) is 3.22. The van der Waals surface area contributed by atoms with E-state index < -0.39 is 51.4 Å². The molecule has 0 unspecified atom stereocenters. The molecule has 0 spiro atoms. The Bertz CT molecular complexity index is 1410. The number of benzene rings is 3. The van der Waals surface area contributed by atoms with Gasteiger partial charge in [-0.25, -0.2) is 18.2 Å². The molecule has 0 saturated carbocycles. The van der Waals surface area contributed by atoms with Gasteiger partial charge in [0.25, 0.3) is 5.91 Å². The first kappa shape index (κ1) is 23.1. The molecule has 12 heteroatoms. The van der Waals surface area contributed by atoms with Crippen molar-refractivity contribution in [3.8, 4) is 17.2 Å². The van der Waals surface area contributed by atoms with Crippen molar-refractivity contribution in [3.63, 3.8) is 0 Å². The number of amides is 1. The maximum Gasteiger partial charge on any atom is 0.263 e. The number of aromatic nitrogens is 1. The highest BCUT2D eigenvalue weighted by Crippen LogP contribution is 2.30. The monoisotopic (exact) mass is 493 g/mol. The smallest absolute Gasteiger partial charge is 0.263 e. The van der Waals surface area contributed by atoms with Gasteiger partial charge in [0.05, 0.1) is 7.11 Å². The zero-order chi connectivity index (χ0) is 24.6. The van der Waals surface area contributed by atoms with Gasteiger partial charge in [-0.2, -0.15) is 8.78 Å². The summed E-state index contributed by atoms with van der Waals surface area (Å²) in [5.41, 5.74) is 0.126. The summed E-state index contributed by atoms with van der Waals surface area (Å²) in [7, 11) is 0.813. The number of halogens is 5. The Morgan fingerprint density at radius 1 is 0.971 bits per heavy atom. The summed E-state index contributed by atoms with van der Waals surface area (Å²) in [5, 5.41) is 4.13. The third kappa shape index (κ3) is 4.27. The van der Waals surface area contributed by atoms with Crippen LogP contribution in [0.4, 0.5) is 27.6 Å². The lowest BCUT2D eigenvalue weighted by Gasteiger charge is -2.12. The number of rotatable bonds is 4. The van der Waals surface area contributed by atoms with Crippen LogP contribution in [0.5, 0.6) is 5.75 Å². The van der Waals surface area contributed by atoms with Crippen LogP contribution in [0, 0.1) is 29.1 Å². The summed E-state index contributed by atoms with van der Waals surface area (Å²) in [6.45, 7) is 0. The topological polar surface area (TPSA) is 76.4 Å². The Morgan fingerprint density at radius 2 is 1.62 bits per heavy atom. The molecule has 0 fully saturated rings. The van der Waals surface area contributed by atoms with Gasteiger partial charge >= 0.3 is 0 Å². The summed E-state index contributed by atoms with van der Waals surface area (Å²) in [6.07, 6.45) is 0. The number of thiocarbonyl (C=S) groups is 1. The normalized spacial score (nSPS) is 10.9. The second kappa shape index (κ2) is 9.06. The van der Waals surface area contributed by atoms with Gasteiger partial charge < -0.3 is 14.5 Å². The van der Waals surface area contributed by atoms with E-state index in [0.717, 1.165) is 7.11 Å². The Labute approximate surface area is 193 Å². The van der Waals surface area contributed by atoms with Crippen molar-refractivity contribution in [3.05, 3.63) is 77.1 Å². The fraction of sp³-hybridized carbons (Fsp3) is 0.0455. The van der Waals surface area contributed by atoms with Crippen LogP contribution < -0.4 is 15.4 Å². The number of hydrogen-bond acceptors (Lipinski definition) is 5. The van der Waals surface area contributed by atoms with Gasteiger partial charge in [0.15, 0.2) is 28.1 Å². The zero-order valence-corrected chi connectivity index (χ0v) is 17.8. The predicted molar refractivity (Wildman–Crippen MR) is 116 cm³/mol. The average molecular weight is 493 g/mol. The van der Waals surface area contributed by atoms with E-state index in [0.29, 0.717) is 22.4 Å². The molecular formula is C22H12F5N3O3S. The van der Waals surface area contributed by atoms with Crippen LogP contribution in [-0.4, -0.2) is 23.1 Å². The van der Waals surface area contributed by atoms with Crippen LogP contribution >= 0.6 is 12.2 Å². The SMILES string of the molecule is COc1c(F)c(F)c(C(=O)NC(=S)Nc2ccc3oc(-c4ccc(F)cc4)nc3c2)c(F)c1F. The molecule has 0 aliphatic rings. The zero-order valence-electron chi connectivity index (χ0n) is 17.0. The van der Waals surface area contributed by atoms with Crippen LogP contribution in [0.25, 0.3) is 22.6 Å². The molecule has 2 N–H and O–H groups in total. The van der Waals surface area contributed by atoms with Crippen molar-refractivity contribution in [1.82, 2.24) is 10.3 Å². The second-order valence-corrected chi connectivity index (χ2v) is 7.19. The van der Waals surface area contributed by atoms with Crippen LogP contribution in [0.3, 0.4) is 0 Å². The van der Waals surface area contributed by atoms with Crippen molar-refractivity contribution in [2.24, 2.45) is 0 Å². The second-order valence-electron chi connectivity index (χ2n) is 6.78. The summed E-state index contributed by atoms with van der Waals surface area (Å²) >= 11 is 4.95. The Balaban J connectivity index is 1.52. The number of nitrogens with one attached hydrogen (secondary N) is 2. The van der Waals surface area contributed by atoms with E-state index in [2.05, 4.69) is 15.0 Å². The first-order valence-corrected chi connectivity index (χ1v) is 9.79. The molecule has 1 heterocycles. The van der Waals surface area contributed by atoms with Crippen LogP contribution in [0.1, 0.15) is 10.4 Å². The van der Waals surface area contributed by atoms with Crippen LogP contribution in [0.2, 0.25) is 0 Å². The summed E-state index contributed by atoms with van der Waals surface area (Å²) in [6, 6.07) is 10.0. The van der Waals surface area contributed by atoms with E-state index in [1.54, 1.807) is 0 Å². The number of nitrogens with zero attached hydrogens (tertiary/aromatic N) is 1. The summed E-state index contributed by atoms with van der Waals surface area (Å²) in [5.74, 6) is -10.6. The van der Waals surface area contributed by atoms with E-state index in [1.165, 1.54) is 42.5 Å². The van der Waals surface area contributed by atoms with E-state index >= 15 is 0 Å². The lowest BCUT2D eigenvalue weighted by Crippen LogP contribution is -2.35. The van der Waals surface area contributed by atoms with Crippen molar-refractivity contribution >= 4 is 40.0 Å². The number of hydrogen-bond donors (Lipinski definition) is 2. The fourth-order valence-corrected chi connectivity index (χ4v) is 3.25. The molecule has 1 amide bonds. The van der Waals surface area contributed by atoms with Gasteiger partial charge in [0, 0.05) is 11.3 Å². The van der Waals surface area contributed by atoms with E-state index in [1.807, 2.05) is 5.32 Å². The first-order chi connectivity index (χ1) is 16.2. The molecule has 34 heavy (non-hydrogen) atoms. The quantitative estimate of drug-likeness (QED) is 0.228. The third-order valence-corrected chi connectivity index (χ3v) is 4.82. The molecule has 0 radical (unpaired) electrons. The number of methoxy groups -OCH3 is 1. The molecular weight excluding hydrogens is 481 g/mol. The van der Waals surface area contributed by atoms with Crippen molar-refractivity contribution in [1.29, 1.82) is 0 Å². The molecule has 3 aromatic carbocycles. The maximum atomic E-state index is 14.1. The van der Waals surface area contributed by atoms with Crippen LogP contribution in [0.15, 0.2) is 46.9 Å². The minimum atomic E-state index is -1.94.